The van der Waals surface area contributed by atoms with Crippen molar-refractivity contribution in [3.63, 3.8) is 0 Å². The van der Waals surface area contributed by atoms with E-state index in [4.69, 9.17) is 0 Å². The molecule has 0 aliphatic heterocycles. The number of hydrogen-bond donors (Lipinski definition) is 2. The second kappa shape index (κ2) is 7.85. The lowest BCUT2D eigenvalue weighted by atomic mass is 10.1. The van der Waals surface area contributed by atoms with Crippen LogP contribution in [-0.4, -0.2) is 33.1 Å². The van der Waals surface area contributed by atoms with Crippen molar-refractivity contribution in [2.75, 3.05) is 32.1 Å². The van der Waals surface area contributed by atoms with Crippen LogP contribution in [0.5, 0.6) is 0 Å². The Morgan fingerprint density at radius 2 is 2.10 bits per heavy atom. The average Bonchev–Trinajstić information content (AvgIpc) is 2.38. The second-order valence-corrected chi connectivity index (χ2v) is 5.34. The number of benzene rings is 1. The molecule has 0 spiro atoms. The monoisotopic (exact) mass is 281 g/mol. The maximum absolute atomic E-state index is 14.0. The topological polar surface area (TPSA) is 44.4 Å². The Morgan fingerprint density at radius 1 is 1.40 bits per heavy atom. The minimum absolute atomic E-state index is 0.137. The number of amides is 1. The Morgan fingerprint density at radius 3 is 2.65 bits per heavy atom. The lowest BCUT2D eigenvalue weighted by molar-refractivity contribution is -0.119. The molecule has 1 aromatic carbocycles. The molecule has 0 saturated heterocycles. The lowest BCUT2D eigenvalue weighted by Gasteiger charge is -2.19. The molecule has 0 aliphatic rings. The fraction of sp³-hybridized carbons (Fsp3) is 0.533. The van der Waals surface area contributed by atoms with E-state index in [2.05, 4.69) is 24.5 Å². The van der Waals surface area contributed by atoms with E-state index in [1.54, 1.807) is 25.1 Å². The van der Waals surface area contributed by atoms with Crippen molar-refractivity contribution in [3.05, 3.63) is 29.6 Å². The molecule has 0 atom stereocenters. The summed E-state index contributed by atoms with van der Waals surface area (Å²) in [7, 11) is 3.26. The van der Waals surface area contributed by atoms with Crippen LogP contribution in [0.2, 0.25) is 0 Å². The van der Waals surface area contributed by atoms with Gasteiger partial charge in [0, 0.05) is 20.6 Å². The van der Waals surface area contributed by atoms with Gasteiger partial charge in [0.2, 0.25) is 5.91 Å². The molecule has 0 bridgehead atoms. The van der Waals surface area contributed by atoms with Gasteiger partial charge >= 0.3 is 0 Å². The molecule has 1 aromatic rings. The fourth-order valence-corrected chi connectivity index (χ4v) is 1.85. The third kappa shape index (κ3) is 5.17. The maximum atomic E-state index is 14.0. The summed E-state index contributed by atoms with van der Waals surface area (Å²) in [6, 6.07) is 5.11. The average molecular weight is 281 g/mol. The highest BCUT2D eigenvalue weighted by molar-refractivity contribution is 5.80. The summed E-state index contributed by atoms with van der Waals surface area (Å²) in [6.45, 7) is 5.95. The van der Waals surface area contributed by atoms with Gasteiger partial charge in [0.15, 0.2) is 0 Å². The summed E-state index contributed by atoms with van der Waals surface area (Å²) in [5.41, 5.74) is 1.33. The molecule has 0 aliphatic carbocycles. The van der Waals surface area contributed by atoms with E-state index in [-0.39, 0.29) is 18.3 Å². The minimum atomic E-state index is -0.305. The van der Waals surface area contributed by atoms with Gasteiger partial charge in [-0.25, -0.2) is 4.39 Å². The van der Waals surface area contributed by atoms with Crippen LogP contribution in [-0.2, 0) is 11.3 Å². The molecule has 0 heterocycles. The number of rotatable bonds is 7. The Hall–Kier alpha value is -1.62. The quantitative estimate of drug-likeness (QED) is 0.800. The zero-order valence-corrected chi connectivity index (χ0v) is 12.7. The number of carbonyl (C=O) groups excluding carboxylic acids is 1. The van der Waals surface area contributed by atoms with E-state index in [1.165, 1.54) is 6.07 Å². The molecular formula is C15H24FN3O. The van der Waals surface area contributed by atoms with Crippen LogP contribution < -0.4 is 15.5 Å². The second-order valence-electron chi connectivity index (χ2n) is 5.34. The first-order valence-corrected chi connectivity index (χ1v) is 6.85. The summed E-state index contributed by atoms with van der Waals surface area (Å²) in [5, 5.41) is 5.80. The van der Waals surface area contributed by atoms with Crippen LogP contribution in [0.1, 0.15) is 19.4 Å². The SMILES string of the molecule is CNC(=O)CN(C)c1ccc(CNCC(C)C)cc1F. The fourth-order valence-electron chi connectivity index (χ4n) is 1.85. The molecule has 20 heavy (non-hydrogen) atoms. The van der Waals surface area contributed by atoms with E-state index in [0.717, 1.165) is 12.1 Å². The number of carbonyl (C=O) groups is 1. The van der Waals surface area contributed by atoms with Crippen LogP contribution in [0.25, 0.3) is 0 Å². The predicted octanol–water partition coefficient (Wildman–Crippen LogP) is 1.75. The van der Waals surface area contributed by atoms with Gasteiger partial charge in [0.25, 0.3) is 0 Å². The molecule has 0 saturated carbocycles. The van der Waals surface area contributed by atoms with Crippen molar-refractivity contribution in [1.29, 1.82) is 0 Å². The molecule has 112 valence electrons. The molecule has 0 fully saturated rings. The number of likely N-dealkylation sites (N-methyl/N-ethyl adjacent to an activating group) is 2. The van der Waals surface area contributed by atoms with Gasteiger partial charge in [-0.2, -0.15) is 0 Å². The molecule has 1 amide bonds. The van der Waals surface area contributed by atoms with Gasteiger partial charge in [-0.1, -0.05) is 19.9 Å². The Labute approximate surface area is 120 Å². The third-order valence-corrected chi connectivity index (χ3v) is 2.96. The first-order chi connectivity index (χ1) is 9.43. The van der Waals surface area contributed by atoms with Gasteiger partial charge in [0.1, 0.15) is 5.82 Å². The van der Waals surface area contributed by atoms with E-state index in [1.807, 2.05) is 6.07 Å². The van der Waals surface area contributed by atoms with Crippen LogP contribution >= 0.6 is 0 Å². The number of halogens is 1. The molecular weight excluding hydrogens is 257 g/mol. The molecule has 0 unspecified atom stereocenters. The van der Waals surface area contributed by atoms with Crippen molar-refractivity contribution in [2.45, 2.75) is 20.4 Å². The van der Waals surface area contributed by atoms with Gasteiger partial charge in [-0.15, -0.1) is 0 Å². The molecule has 0 aromatic heterocycles. The van der Waals surface area contributed by atoms with Crippen molar-refractivity contribution >= 4 is 11.6 Å². The number of nitrogens with one attached hydrogen (secondary N) is 2. The van der Waals surface area contributed by atoms with Gasteiger partial charge in [-0.3, -0.25) is 4.79 Å². The first kappa shape index (κ1) is 16.4. The van der Waals surface area contributed by atoms with E-state index >= 15 is 0 Å². The predicted molar refractivity (Wildman–Crippen MR) is 80.3 cm³/mol. The smallest absolute Gasteiger partial charge is 0.239 e. The molecule has 1 rings (SSSR count). The summed E-state index contributed by atoms with van der Waals surface area (Å²) in [6.07, 6.45) is 0. The summed E-state index contributed by atoms with van der Waals surface area (Å²) in [4.78, 5) is 12.9. The Bertz CT molecular complexity index is 449. The zero-order chi connectivity index (χ0) is 15.1. The number of hydrogen-bond acceptors (Lipinski definition) is 3. The van der Waals surface area contributed by atoms with Crippen molar-refractivity contribution in [3.8, 4) is 0 Å². The number of nitrogens with zero attached hydrogens (tertiary/aromatic N) is 1. The molecule has 0 radical (unpaired) electrons. The van der Waals surface area contributed by atoms with Crippen LogP contribution in [0.4, 0.5) is 10.1 Å². The Balaban J connectivity index is 2.65. The normalized spacial score (nSPS) is 10.7. The standard InChI is InChI=1S/C15H24FN3O/c1-11(2)8-18-9-12-5-6-14(13(16)7-12)19(4)10-15(20)17-3/h5-7,11,18H,8-10H2,1-4H3,(H,17,20). The summed E-state index contributed by atoms with van der Waals surface area (Å²) >= 11 is 0. The van der Waals surface area contributed by atoms with Gasteiger partial charge in [0.05, 0.1) is 12.2 Å². The van der Waals surface area contributed by atoms with E-state index < -0.39 is 0 Å². The Kier molecular flexibility index (Phi) is 6.45. The minimum Gasteiger partial charge on any atom is -0.363 e. The summed E-state index contributed by atoms with van der Waals surface area (Å²) in [5.74, 6) is 0.118. The highest BCUT2D eigenvalue weighted by Crippen LogP contribution is 2.19. The molecule has 2 N–H and O–H groups in total. The van der Waals surface area contributed by atoms with Crippen LogP contribution in [0.3, 0.4) is 0 Å². The van der Waals surface area contributed by atoms with Crippen molar-refractivity contribution < 1.29 is 9.18 Å². The van der Waals surface area contributed by atoms with Crippen molar-refractivity contribution in [2.24, 2.45) is 5.92 Å². The largest absolute Gasteiger partial charge is 0.363 e. The summed E-state index contributed by atoms with van der Waals surface area (Å²) < 4.78 is 14.0. The third-order valence-electron chi connectivity index (χ3n) is 2.96. The van der Waals surface area contributed by atoms with Gasteiger partial charge in [-0.05, 0) is 30.2 Å². The highest BCUT2D eigenvalue weighted by Gasteiger charge is 2.11. The first-order valence-electron chi connectivity index (χ1n) is 6.85. The van der Waals surface area contributed by atoms with Crippen LogP contribution in [0.15, 0.2) is 18.2 Å². The molecule has 5 heteroatoms. The highest BCUT2D eigenvalue weighted by atomic mass is 19.1. The van der Waals surface area contributed by atoms with Gasteiger partial charge < -0.3 is 15.5 Å². The van der Waals surface area contributed by atoms with Crippen molar-refractivity contribution in [1.82, 2.24) is 10.6 Å². The molecule has 4 nitrogen and oxygen atoms in total. The maximum Gasteiger partial charge on any atom is 0.239 e. The van der Waals surface area contributed by atoms with E-state index in [0.29, 0.717) is 18.2 Å². The lowest BCUT2D eigenvalue weighted by Crippen LogP contribution is -2.33. The van der Waals surface area contributed by atoms with E-state index in [9.17, 15) is 9.18 Å². The zero-order valence-electron chi connectivity index (χ0n) is 12.7. The number of anilines is 1. The van der Waals surface area contributed by atoms with Crippen LogP contribution in [0, 0.1) is 11.7 Å².